The van der Waals surface area contributed by atoms with Gasteiger partial charge in [-0.2, -0.15) is 13.2 Å². The van der Waals surface area contributed by atoms with Gasteiger partial charge in [-0.25, -0.2) is 4.79 Å². The van der Waals surface area contributed by atoms with Gasteiger partial charge >= 0.3 is 12.1 Å². The van der Waals surface area contributed by atoms with Gasteiger partial charge in [-0.05, 0) is 47.9 Å². The first-order chi connectivity index (χ1) is 26.8. The Morgan fingerprint density at radius 1 is 0.732 bits per heavy atom. The number of nitrogens with zero attached hydrogens (tertiary/aromatic N) is 1. The molecule has 2 atom stereocenters. The number of hydrogen-bond donors (Lipinski definition) is 4. The van der Waals surface area contributed by atoms with E-state index >= 15 is 0 Å². The maximum atomic E-state index is 13.4. The van der Waals surface area contributed by atoms with E-state index in [2.05, 4.69) is 34.9 Å². The van der Waals surface area contributed by atoms with Crippen LogP contribution in [0.1, 0.15) is 77.1 Å². The van der Waals surface area contributed by atoms with E-state index in [-0.39, 0.29) is 42.3 Å². The summed E-state index contributed by atoms with van der Waals surface area (Å²) in [7, 11) is 0. The summed E-state index contributed by atoms with van der Waals surface area (Å²) < 4.78 is 31.7. The molecule has 1 heterocycles. The molecular formula is C43H47F3N4O6. The fourth-order valence-corrected chi connectivity index (χ4v) is 6.41. The molecule has 0 radical (unpaired) electrons. The number of unbranched alkanes of at least 4 members (excludes halogenated alkanes) is 1. The smallest absolute Gasteiger partial charge is 0.475 e. The summed E-state index contributed by atoms with van der Waals surface area (Å²) in [6, 6.07) is 35.9. The van der Waals surface area contributed by atoms with E-state index in [1.54, 1.807) is 17.0 Å². The van der Waals surface area contributed by atoms with Gasteiger partial charge < -0.3 is 26.4 Å². The van der Waals surface area contributed by atoms with Gasteiger partial charge in [-0.3, -0.25) is 19.2 Å². The van der Waals surface area contributed by atoms with E-state index in [1.807, 2.05) is 78.9 Å². The average molecular weight is 773 g/mol. The van der Waals surface area contributed by atoms with Crippen molar-refractivity contribution in [3.8, 4) is 0 Å². The zero-order chi connectivity index (χ0) is 40.5. The van der Waals surface area contributed by atoms with Crippen molar-refractivity contribution >= 4 is 29.5 Å². The summed E-state index contributed by atoms with van der Waals surface area (Å²) in [5.74, 6) is -3.25. The SMILES string of the molecule is NC(CCCCNC(=O)C1Cc2ccccc2CN1C(=O)CCCC(=O)c1ccccc1)C(=O)NCC(c1ccccc1)c1ccccc1.O=C(O)C(F)(F)F. The predicted molar refractivity (Wildman–Crippen MR) is 205 cm³/mol. The highest BCUT2D eigenvalue weighted by molar-refractivity contribution is 5.96. The zero-order valence-corrected chi connectivity index (χ0v) is 30.9. The van der Waals surface area contributed by atoms with E-state index in [0.717, 1.165) is 22.3 Å². The molecule has 1 aliphatic heterocycles. The molecule has 0 spiro atoms. The van der Waals surface area contributed by atoms with Crippen molar-refractivity contribution in [1.82, 2.24) is 15.5 Å². The Hall–Kier alpha value is -5.82. The predicted octanol–water partition coefficient (Wildman–Crippen LogP) is 6.19. The molecule has 4 aromatic carbocycles. The van der Waals surface area contributed by atoms with E-state index < -0.39 is 24.2 Å². The molecular weight excluding hydrogens is 725 g/mol. The first-order valence-corrected chi connectivity index (χ1v) is 18.5. The lowest BCUT2D eigenvalue weighted by Crippen LogP contribution is -2.52. The second-order valence-electron chi connectivity index (χ2n) is 13.5. The van der Waals surface area contributed by atoms with Gasteiger partial charge in [0.1, 0.15) is 6.04 Å². The molecule has 13 heteroatoms. The van der Waals surface area contributed by atoms with Crippen molar-refractivity contribution in [3.05, 3.63) is 143 Å². The summed E-state index contributed by atoms with van der Waals surface area (Å²) >= 11 is 0. The highest BCUT2D eigenvalue weighted by Crippen LogP contribution is 2.26. The van der Waals surface area contributed by atoms with Crippen molar-refractivity contribution in [1.29, 1.82) is 0 Å². The van der Waals surface area contributed by atoms with Crippen molar-refractivity contribution in [2.75, 3.05) is 13.1 Å². The highest BCUT2D eigenvalue weighted by atomic mass is 19.4. The molecule has 10 nitrogen and oxygen atoms in total. The van der Waals surface area contributed by atoms with Crippen LogP contribution in [0.4, 0.5) is 13.2 Å². The molecule has 56 heavy (non-hydrogen) atoms. The molecule has 5 N–H and O–H groups in total. The number of halogens is 3. The lowest BCUT2D eigenvalue weighted by atomic mass is 9.91. The van der Waals surface area contributed by atoms with Gasteiger partial charge in [0, 0.05) is 50.4 Å². The van der Waals surface area contributed by atoms with E-state index in [9.17, 15) is 32.3 Å². The number of aliphatic carboxylic acids is 1. The summed E-state index contributed by atoms with van der Waals surface area (Å²) in [5, 5.41) is 13.2. The van der Waals surface area contributed by atoms with E-state index in [0.29, 0.717) is 57.3 Å². The molecule has 0 aliphatic carbocycles. The Labute approximate surface area is 324 Å². The number of carboxylic acids is 1. The lowest BCUT2D eigenvalue weighted by molar-refractivity contribution is -0.192. The molecule has 2 unspecified atom stereocenters. The number of rotatable bonds is 16. The molecule has 0 fully saturated rings. The minimum Gasteiger partial charge on any atom is -0.475 e. The molecule has 0 saturated heterocycles. The van der Waals surface area contributed by atoms with Gasteiger partial charge in [-0.1, -0.05) is 115 Å². The topological polar surface area (TPSA) is 159 Å². The van der Waals surface area contributed by atoms with Gasteiger partial charge in [-0.15, -0.1) is 0 Å². The quantitative estimate of drug-likeness (QED) is 0.0782. The largest absolute Gasteiger partial charge is 0.490 e. The van der Waals surface area contributed by atoms with Crippen LogP contribution in [0.25, 0.3) is 0 Å². The van der Waals surface area contributed by atoms with Crippen LogP contribution in [-0.2, 0) is 32.1 Å². The molecule has 5 rings (SSSR count). The maximum Gasteiger partial charge on any atom is 0.490 e. The van der Waals surface area contributed by atoms with Crippen LogP contribution < -0.4 is 16.4 Å². The van der Waals surface area contributed by atoms with Gasteiger partial charge in [0.25, 0.3) is 0 Å². The van der Waals surface area contributed by atoms with Crippen molar-refractivity contribution in [2.45, 2.75) is 75.7 Å². The summed E-state index contributed by atoms with van der Waals surface area (Å²) in [6.45, 7) is 1.22. The van der Waals surface area contributed by atoms with Crippen molar-refractivity contribution in [2.24, 2.45) is 5.73 Å². The van der Waals surface area contributed by atoms with Crippen molar-refractivity contribution in [3.63, 3.8) is 0 Å². The van der Waals surface area contributed by atoms with Crippen LogP contribution in [0.3, 0.4) is 0 Å². The number of amides is 3. The third kappa shape index (κ3) is 13.2. The molecule has 296 valence electrons. The molecule has 4 aromatic rings. The number of fused-ring (bicyclic) bond motifs is 1. The minimum absolute atomic E-state index is 0.00689. The number of carbonyl (C=O) groups excluding carboxylic acids is 4. The number of carbonyl (C=O) groups is 5. The van der Waals surface area contributed by atoms with Crippen LogP contribution in [0, 0.1) is 0 Å². The van der Waals surface area contributed by atoms with Gasteiger partial charge in [0.2, 0.25) is 17.7 Å². The second kappa shape index (κ2) is 21.3. The first-order valence-electron chi connectivity index (χ1n) is 18.5. The molecule has 0 aromatic heterocycles. The normalized spacial score (nSPS) is 14.1. The van der Waals surface area contributed by atoms with Crippen LogP contribution >= 0.6 is 0 Å². The van der Waals surface area contributed by atoms with Crippen LogP contribution in [0.2, 0.25) is 0 Å². The Kier molecular flexibility index (Phi) is 16.3. The highest BCUT2D eigenvalue weighted by Gasteiger charge is 2.38. The molecule has 0 saturated carbocycles. The van der Waals surface area contributed by atoms with Crippen LogP contribution in [0.5, 0.6) is 0 Å². The fourth-order valence-electron chi connectivity index (χ4n) is 6.41. The number of benzene rings is 4. The summed E-state index contributed by atoms with van der Waals surface area (Å²) in [4.78, 5) is 62.8. The van der Waals surface area contributed by atoms with Gasteiger partial charge in [0.05, 0.1) is 6.04 Å². The number of ketones is 1. The average Bonchev–Trinajstić information content (AvgIpc) is 3.21. The lowest BCUT2D eigenvalue weighted by Gasteiger charge is -2.36. The minimum atomic E-state index is -5.08. The Morgan fingerprint density at radius 3 is 1.84 bits per heavy atom. The van der Waals surface area contributed by atoms with Crippen molar-refractivity contribution < 1.29 is 42.3 Å². The monoisotopic (exact) mass is 772 g/mol. The third-order valence-electron chi connectivity index (χ3n) is 9.47. The Balaban J connectivity index is 0.000000908. The number of hydrogen-bond acceptors (Lipinski definition) is 6. The zero-order valence-electron chi connectivity index (χ0n) is 30.9. The number of carboxylic acid groups (broad SMARTS) is 1. The Bertz CT molecular complexity index is 1850. The second-order valence-corrected chi connectivity index (χ2v) is 13.5. The summed E-state index contributed by atoms with van der Waals surface area (Å²) in [6.07, 6.45) is -1.93. The summed E-state index contributed by atoms with van der Waals surface area (Å²) in [5.41, 5.74) is 11.2. The number of nitrogens with one attached hydrogen (secondary N) is 2. The standard InChI is InChI=1S/C41H46N4O4.C2HF3O2/c42-36(40(48)44-28-35(30-15-4-1-5-16-30)31-17-6-2-7-18-31)23-12-13-26-43-41(49)37-27-33-21-10-11-22-34(33)29-45(37)39(47)25-14-24-38(46)32-19-8-3-9-20-32;3-2(4,5)1(6)7/h1-11,15-22,35-37H,12-14,23-29,42H2,(H,43,49)(H,44,48);(H,6,7). The molecule has 3 amide bonds. The van der Waals surface area contributed by atoms with Gasteiger partial charge in [0.15, 0.2) is 5.78 Å². The first kappa shape index (κ1) is 42.9. The number of Topliss-reactive ketones (excluding diaryl/α,β-unsaturated/α-hetero) is 1. The van der Waals surface area contributed by atoms with Crippen LogP contribution in [0.15, 0.2) is 115 Å². The fraction of sp³-hybridized carbons (Fsp3) is 0.326. The number of nitrogens with two attached hydrogens (primary N) is 1. The molecule has 1 aliphatic rings. The number of alkyl halides is 3. The Morgan fingerprint density at radius 2 is 1.27 bits per heavy atom. The third-order valence-corrected chi connectivity index (χ3v) is 9.47. The van der Waals surface area contributed by atoms with Crippen LogP contribution in [-0.4, -0.2) is 70.8 Å². The molecule has 0 bridgehead atoms. The maximum absolute atomic E-state index is 13.4. The van der Waals surface area contributed by atoms with E-state index in [1.165, 1.54) is 0 Å². The van der Waals surface area contributed by atoms with E-state index in [4.69, 9.17) is 15.6 Å².